The molecule has 1 N–H and O–H groups in total. The van der Waals surface area contributed by atoms with Crippen LogP contribution in [0.2, 0.25) is 0 Å². The first-order valence-electron chi connectivity index (χ1n) is 9.90. The van der Waals surface area contributed by atoms with Gasteiger partial charge in [0, 0.05) is 25.1 Å². The van der Waals surface area contributed by atoms with Crippen molar-refractivity contribution in [3.63, 3.8) is 0 Å². The van der Waals surface area contributed by atoms with E-state index in [0.29, 0.717) is 24.5 Å². The number of sulfone groups is 1. The summed E-state index contributed by atoms with van der Waals surface area (Å²) in [5.41, 5.74) is 2.09. The van der Waals surface area contributed by atoms with Crippen molar-refractivity contribution in [2.75, 3.05) is 22.6 Å². The number of carbonyl (C=O) groups excluding carboxylic acids is 2. The number of rotatable bonds is 7. The molecule has 8 heteroatoms. The SMILES string of the molecule is CCOc1ccccc1NC(=O)CCS(=O)(=O)c1ccc2c(c1)C[C@H](C)N2C(C)=O. The van der Waals surface area contributed by atoms with E-state index >= 15 is 0 Å². The Morgan fingerprint density at radius 3 is 2.63 bits per heavy atom. The molecule has 2 aromatic carbocycles. The maximum Gasteiger partial charge on any atom is 0.225 e. The van der Waals surface area contributed by atoms with E-state index in [1.54, 1.807) is 41.3 Å². The Balaban J connectivity index is 1.69. The fourth-order valence-corrected chi connectivity index (χ4v) is 4.98. The Hall–Kier alpha value is -2.87. The number of benzene rings is 2. The number of carbonyl (C=O) groups is 2. The van der Waals surface area contributed by atoms with Gasteiger partial charge in [0.1, 0.15) is 5.75 Å². The summed E-state index contributed by atoms with van der Waals surface area (Å²) in [6.45, 7) is 5.73. The second kappa shape index (κ2) is 8.87. The average Bonchev–Trinajstić information content (AvgIpc) is 3.03. The maximum absolute atomic E-state index is 12.8. The lowest BCUT2D eigenvalue weighted by Crippen LogP contribution is -2.33. The number of hydrogen-bond donors (Lipinski definition) is 1. The zero-order valence-electron chi connectivity index (χ0n) is 17.3. The van der Waals surface area contributed by atoms with Crippen LogP contribution in [-0.2, 0) is 25.8 Å². The van der Waals surface area contributed by atoms with E-state index < -0.39 is 15.7 Å². The molecule has 0 bridgehead atoms. The second-order valence-electron chi connectivity index (χ2n) is 7.28. The number of hydrogen-bond acceptors (Lipinski definition) is 5. The zero-order valence-corrected chi connectivity index (χ0v) is 18.2. The van der Waals surface area contributed by atoms with E-state index in [0.717, 1.165) is 11.3 Å². The molecule has 2 aromatic rings. The zero-order chi connectivity index (χ0) is 21.9. The van der Waals surface area contributed by atoms with Crippen molar-refractivity contribution in [1.29, 1.82) is 0 Å². The fourth-order valence-electron chi connectivity index (χ4n) is 3.69. The lowest BCUT2D eigenvalue weighted by atomic mass is 10.1. The molecule has 30 heavy (non-hydrogen) atoms. The van der Waals surface area contributed by atoms with E-state index in [2.05, 4.69) is 5.32 Å². The number of ether oxygens (including phenoxy) is 1. The van der Waals surface area contributed by atoms with Crippen LogP contribution in [-0.4, -0.2) is 38.6 Å². The molecule has 0 saturated heterocycles. The van der Waals surface area contributed by atoms with Gasteiger partial charge >= 0.3 is 0 Å². The van der Waals surface area contributed by atoms with Crippen molar-refractivity contribution < 1.29 is 22.7 Å². The number of nitrogens with zero attached hydrogens (tertiary/aromatic N) is 1. The minimum Gasteiger partial charge on any atom is -0.492 e. The summed E-state index contributed by atoms with van der Waals surface area (Å²) in [7, 11) is -3.64. The second-order valence-corrected chi connectivity index (χ2v) is 9.39. The molecule has 1 heterocycles. The summed E-state index contributed by atoms with van der Waals surface area (Å²) in [6, 6.07) is 11.8. The van der Waals surface area contributed by atoms with Crippen LogP contribution in [0.3, 0.4) is 0 Å². The molecule has 0 unspecified atom stereocenters. The molecule has 7 nitrogen and oxygen atoms in total. The quantitative estimate of drug-likeness (QED) is 0.728. The molecule has 0 radical (unpaired) electrons. The largest absolute Gasteiger partial charge is 0.492 e. The summed E-state index contributed by atoms with van der Waals surface area (Å²) < 4.78 is 31.0. The van der Waals surface area contributed by atoms with Crippen molar-refractivity contribution in [3.05, 3.63) is 48.0 Å². The molecular weight excluding hydrogens is 404 g/mol. The van der Waals surface area contributed by atoms with E-state index in [4.69, 9.17) is 4.74 Å². The van der Waals surface area contributed by atoms with Crippen LogP contribution >= 0.6 is 0 Å². The standard InChI is InChI=1S/C22H26N2O5S/c1-4-29-21-8-6-5-7-19(21)23-22(26)11-12-30(27,28)18-9-10-20-17(14-18)13-15(2)24(20)16(3)25/h5-10,14-15H,4,11-13H2,1-3H3,(H,23,26)/t15-/m0/s1. The van der Waals surface area contributed by atoms with Gasteiger partial charge in [-0.2, -0.15) is 0 Å². The molecule has 1 aliphatic rings. The highest BCUT2D eigenvalue weighted by Gasteiger charge is 2.30. The molecule has 0 spiro atoms. The first-order valence-corrected chi connectivity index (χ1v) is 11.6. The lowest BCUT2D eigenvalue weighted by molar-refractivity contribution is -0.117. The van der Waals surface area contributed by atoms with E-state index in [-0.39, 0.29) is 29.0 Å². The van der Waals surface area contributed by atoms with Gasteiger partial charge in [0.25, 0.3) is 0 Å². The highest BCUT2D eigenvalue weighted by Crippen LogP contribution is 2.34. The number of nitrogens with one attached hydrogen (secondary N) is 1. The van der Waals surface area contributed by atoms with Crippen LogP contribution in [0.1, 0.15) is 32.8 Å². The molecule has 3 rings (SSSR count). The van der Waals surface area contributed by atoms with Crippen LogP contribution in [0.25, 0.3) is 0 Å². The Kier molecular flexibility index (Phi) is 6.45. The summed E-state index contributed by atoms with van der Waals surface area (Å²) in [4.78, 5) is 26.0. The van der Waals surface area contributed by atoms with Gasteiger partial charge in [-0.3, -0.25) is 9.59 Å². The highest BCUT2D eigenvalue weighted by molar-refractivity contribution is 7.91. The molecule has 0 aliphatic carbocycles. The van der Waals surface area contributed by atoms with Gasteiger partial charge in [0.2, 0.25) is 11.8 Å². The van der Waals surface area contributed by atoms with Crippen LogP contribution in [0.4, 0.5) is 11.4 Å². The van der Waals surface area contributed by atoms with Gasteiger partial charge in [-0.05, 0) is 56.2 Å². The average molecular weight is 431 g/mol. The molecular formula is C22H26N2O5S. The number of fused-ring (bicyclic) bond motifs is 1. The Bertz CT molecular complexity index is 1060. The molecule has 160 valence electrons. The monoisotopic (exact) mass is 430 g/mol. The molecule has 0 aromatic heterocycles. The summed E-state index contributed by atoms with van der Waals surface area (Å²) in [5.74, 6) is -0.233. The van der Waals surface area contributed by atoms with Crippen molar-refractivity contribution in [2.45, 2.75) is 44.6 Å². The van der Waals surface area contributed by atoms with Gasteiger partial charge in [-0.1, -0.05) is 12.1 Å². The lowest BCUT2D eigenvalue weighted by Gasteiger charge is -2.20. The van der Waals surface area contributed by atoms with Crippen LogP contribution in [0, 0.1) is 0 Å². The Morgan fingerprint density at radius 1 is 1.20 bits per heavy atom. The van der Waals surface area contributed by atoms with Crippen LogP contribution in [0.5, 0.6) is 5.75 Å². The predicted octanol–water partition coefficient (Wildman–Crippen LogP) is 3.19. The summed E-state index contributed by atoms with van der Waals surface area (Å²) in [6.07, 6.45) is 0.433. The molecule has 1 atom stereocenters. The van der Waals surface area contributed by atoms with Gasteiger partial charge in [-0.15, -0.1) is 0 Å². The minimum absolute atomic E-state index is 0.00774. The van der Waals surface area contributed by atoms with Crippen molar-refractivity contribution in [2.24, 2.45) is 0 Å². The van der Waals surface area contributed by atoms with Crippen molar-refractivity contribution in [3.8, 4) is 5.75 Å². The minimum atomic E-state index is -3.64. The number of para-hydroxylation sites is 2. The molecule has 0 saturated carbocycles. The summed E-state index contributed by atoms with van der Waals surface area (Å²) >= 11 is 0. The van der Waals surface area contributed by atoms with E-state index in [9.17, 15) is 18.0 Å². The third kappa shape index (κ3) is 4.64. The normalized spacial score (nSPS) is 15.6. The first kappa shape index (κ1) is 21.8. The third-order valence-electron chi connectivity index (χ3n) is 5.02. The molecule has 0 fully saturated rings. The topological polar surface area (TPSA) is 92.8 Å². The van der Waals surface area contributed by atoms with E-state index in [1.165, 1.54) is 13.0 Å². The number of anilines is 2. The third-order valence-corrected chi connectivity index (χ3v) is 6.74. The van der Waals surface area contributed by atoms with Crippen LogP contribution < -0.4 is 15.0 Å². The maximum atomic E-state index is 12.8. The van der Waals surface area contributed by atoms with Gasteiger partial charge in [0.05, 0.1) is 22.9 Å². The summed E-state index contributed by atoms with van der Waals surface area (Å²) in [5, 5.41) is 2.71. The first-order chi connectivity index (χ1) is 14.2. The van der Waals surface area contributed by atoms with Crippen molar-refractivity contribution in [1.82, 2.24) is 0 Å². The van der Waals surface area contributed by atoms with Gasteiger partial charge < -0.3 is 15.0 Å². The van der Waals surface area contributed by atoms with Gasteiger partial charge in [-0.25, -0.2) is 8.42 Å². The fraction of sp³-hybridized carbons (Fsp3) is 0.364. The smallest absolute Gasteiger partial charge is 0.225 e. The molecule has 2 amide bonds. The van der Waals surface area contributed by atoms with Crippen molar-refractivity contribution >= 4 is 33.0 Å². The van der Waals surface area contributed by atoms with Crippen LogP contribution in [0.15, 0.2) is 47.4 Å². The Morgan fingerprint density at radius 2 is 1.93 bits per heavy atom. The predicted molar refractivity (Wildman–Crippen MR) is 116 cm³/mol. The molecule has 1 aliphatic heterocycles. The van der Waals surface area contributed by atoms with E-state index in [1.807, 2.05) is 13.8 Å². The number of amides is 2. The Labute approximate surface area is 177 Å². The highest BCUT2D eigenvalue weighted by atomic mass is 32.2. The van der Waals surface area contributed by atoms with Gasteiger partial charge in [0.15, 0.2) is 9.84 Å².